The van der Waals surface area contributed by atoms with E-state index in [0.717, 1.165) is 25.9 Å². The van der Waals surface area contributed by atoms with Gasteiger partial charge >= 0.3 is 6.09 Å². The summed E-state index contributed by atoms with van der Waals surface area (Å²) in [5.74, 6) is 0. The maximum atomic E-state index is 11.9. The quantitative estimate of drug-likeness (QED) is 0.199. The molecule has 0 aliphatic carbocycles. The van der Waals surface area contributed by atoms with Gasteiger partial charge in [-0.05, 0) is 12.8 Å². The van der Waals surface area contributed by atoms with Gasteiger partial charge in [-0.1, -0.05) is 117 Å². The molecule has 0 heterocycles. The second-order valence-electron chi connectivity index (χ2n) is 8.11. The van der Waals surface area contributed by atoms with Crippen molar-refractivity contribution in [1.29, 1.82) is 0 Å². The first-order chi connectivity index (χ1) is 13.3. The lowest BCUT2D eigenvalue weighted by Gasteiger charge is -2.21. The van der Waals surface area contributed by atoms with Crippen LogP contribution in [0.2, 0.25) is 0 Å². The Labute approximate surface area is 170 Å². The van der Waals surface area contributed by atoms with Crippen LogP contribution in [0.4, 0.5) is 4.79 Å². The van der Waals surface area contributed by atoms with Crippen molar-refractivity contribution in [2.75, 3.05) is 20.2 Å². The number of ether oxygens (including phenoxy) is 1. The number of carbonyl (C=O) groups excluding carboxylic acids is 1. The fraction of sp³-hybridized carbons (Fsp3) is 0.958. The van der Waals surface area contributed by atoms with Crippen molar-refractivity contribution < 1.29 is 9.53 Å². The number of methoxy groups -OCH3 is 1. The van der Waals surface area contributed by atoms with Gasteiger partial charge in [-0.3, -0.25) is 0 Å². The van der Waals surface area contributed by atoms with Gasteiger partial charge in [0.1, 0.15) is 0 Å². The number of hydrogen-bond donors (Lipinski definition) is 0. The van der Waals surface area contributed by atoms with Crippen molar-refractivity contribution in [2.45, 2.75) is 129 Å². The minimum atomic E-state index is -0.144. The molecule has 0 N–H and O–H groups in total. The molecule has 0 aliphatic rings. The molecule has 162 valence electrons. The Bertz CT molecular complexity index is 285. The summed E-state index contributed by atoms with van der Waals surface area (Å²) in [5.41, 5.74) is 0. The molecule has 3 nitrogen and oxygen atoms in total. The van der Waals surface area contributed by atoms with E-state index >= 15 is 0 Å². The highest BCUT2D eigenvalue weighted by Crippen LogP contribution is 2.12. The summed E-state index contributed by atoms with van der Waals surface area (Å²) in [4.78, 5) is 13.9. The molecule has 27 heavy (non-hydrogen) atoms. The van der Waals surface area contributed by atoms with Crippen LogP contribution in [0.1, 0.15) is 129 Å². The molecule has 0 rings (SSSR count). The summed E-state index contributed by atoms with van der Waals surface area (Å²) < 4.78 is 4.97. The Morgan fingerprint density at radius 2 is 0.852 bits per heavy atom. The summed E-state index contributed by atoms with van der Waals surface area (Å²) in [5, 5.41) is 0. The van der Waals surface area contributed by atoms with Gasteiger partial charge in [-0.15, -0.1) is 0 Å². The predicted octanol–water partition coefficient (Wildman–Crippen LogP) is 8.12. The van der Waals surface area contributed by atoms with Gasteiger partial charge in [-0.25, -0.2) is 4.79 Å². The molecule has 1 amide bonds. The van der Waals surface area contributed by atoms with Crippen molar-refractivity contribution in [2.24, 2.45) is 0 Å². The van der Waals surface area contributed by atoms with Gasteiger partial charge in [0, 0.05) is 13.1 Å². The van der Waals surface area contributed by atoms with Crippen LogP contribution in [0, 0.1) is 0 Å². The fourth-order valence-electron chi connectivity index (χ4n) is 3.65. The van der Waals surface area contributed by atoms with Gasteiger partial charge < -0.3 is 9.64 Å². The molecule has 0 aromatic rings. The van der Waals surface area contributed by atoms with Gasteiger partial charge in [0.15, 0.2) is 0 Å². The molecule has 0 bridgehead atoms. The third-order valence-electron chi connectivity index (χ3n) is 5.50. The van der Waals surface area contributed by atoms with E-state index in [4.69, 9.17) is 4.74 Å². The third-order valence-corrected chi connectivity index (χ3v) is 5.50. The number of rotatable bonds is 20. The lowest BCUT2D eigenvalue weighted by atomic mass is 10.1. The molecule has 0 spiro atoms. The first-order valence-corrected chi connectivity index (χ1v) is 12.1. The average molecular weight is 384 g/mol. The van der Waals surface area contributed by atoms with Gasteiger partial charge in [0.05, 0.1) is 7.11 Å². The highest BCUT2D eigenvalue weighted by Gasteiger charge is 2.12. The molecule has 0 aromatic heterocycles. The third kappa shape index (κ3) is 18.4. The van der Waals surface area contributed by atoms with E-state index in [1.165, 1.54) is 110 Å². The summed E-state index contributed by atoms with van der Waals surface area (Å²) >= 11 is 0. The smallest absolute Gasteiger partial charge is 0.409 e. The summed E-state index contributed by atoms with van der Waals surface area (Å²) in [6, 6.07) is 0. The van der Waals surface area contributed by atoms with Gasteiger partial charge in [-0.2, -0.15) is 0 Å². The minimum absolute atomic E-state index is 0.144. The zero-order chi connectivity index (χ0) is 20.0. The topological polar surface area (TPSA) is 29.5 Å². The lowest BCUT2D eigenvalue weighted by molar-refractivity contribution is 0.121. The average Bonchev–Trinajstić information content (AvgIpc) is 2.69. The van der Waals surface area contributed by atoms with E-state index in [1.54, 1.807) is 0 Å². The van der Waals surface area contributed by atoms with E-state index < -0.39 is 0 Å². The Kier molecular flexibility index (Phi) is 21.0. The highest BCUT2D eigenvalue weighted by molar-refractivity contribution is 5.67. The number of amides is 1. The second kappa shape index (κ2) is 21.6. The van der Waals surface area contributed by atoms with Crippen LogP contribution >= 0.6 is 0 Å². The molecule has 0 saturated carbocycles. The molecule has 0 saturated heterocycles. The Morgan fingerprint density at radius 1 is 0.556 bits per heavy atom. The number of carbonyl (C=O) groups is 1. The molecular formula is C24H49NO2. The molecule has 0 fully saturated rings. The van der Waals surface area contributed by atoms with Crippen LogP contribution < -0.4 is 0 Å². The molecule has 0 atom stereocenters. The van der Waals surface area contributed by atoms with Gasteiger partial charge in [0.2, 0.25) is 0 Å². The van der Waals surface area contributed by atoms with Gasteiger partial charge in [0.25, 0.3) is 0 Å². The Morgan fingerprint density at radius 3 is 1.15 bits per heavy atom. The standard InChI is InChI=1S/C24H49NO2/c1-4-6-8-10-12-14-16-18-20-22-25(24(26)27-3)23-21-19-17-15-13-11-9-7-5-2/h4-23H2,1-3H3. The van der Waals surface area contributed by atoms with Crippen molar-refractivity contribution in [1.82, 2.24) is 4.90 Å². The summed E-state index contributed by atoms with van der Waals surface area (Å²) in [6.45, 7) is 6.25. The SMILES string of the molecule is CCCCCCCCCCCN(CCCCCCCCCCC)C(=O)OC. The first-order valence-electron chi connectivity index (χ1n) is 12.1. The number of unbranched alkanes of at least 4 members (excludes halogenated alkanes) is 16. The Hall–Kier alpha value is -0.730. The van der Waals surface area contributed by atoms with E-state index in [1.807, 2.05) is 4.90 Å². The maximum Gasteiger partial charge on any atom is 0.409 e. The zero-order valence-electron chi connectivity index (χ0n) is 18.9. The fourth-order valence-corrected chi connectivity index (χ4v) is 3.65. The van der Waals surface area contributed by atoms with Crippen molar-refractivity contribution in [3.63, 3.8) is 0 Å². The van der Waals surface area contributed by atoms with Crippen molar-refractivity contribution in [3.8, 4) is 0 Å². The Balaban J connectivity index is 3.61. The van der Waals surface area contributed by atoms with Crippen LogP contribution in [-0.2, 0) is 4.74 Å². The molecule has 0 unspecified atom stereocenters. The molecule has 3 heteroatoms. The number of nitrogens with zero attached hydrogens (tertiary/aromatic N) is 1. The van der Waals surface area contributed by atoms with E-state index in [9.17, 15) is 4.79 Å². The van der Waals surface area contributed by atoms with Crippen molar-refractivity contribution >= 4 is 6.09 Å². The normalized spacial score (nSPS) is 10.9. The van der Waals surface area contributed by atoms with Crippen LogP contribution in [-0.4, -0.2) is 31.2 Å². The molecule has 0 aliphatic heterocycles. The van der Waals surface area contributed by atoms with E-state index in [-0.39, 0.29) is 6.09 Å². The lowest BCUT2D eigenvalue weighted by Crippen LogP contribution is -2.32. The molecule has 0 aromatic carbocycles. The predicted molar refractivity (Wildman–Crippen MR) is 118 cm³/mol. The molecular weight excluding hydrogens is 334 g/mol. The van der Waals surface area contributed by atoms with E-state index in [2.05, 4.69) is 13.8 Å². The zero-order valence-corrected chi connectivity index (χ0v) is 18.9. The number of hydrogen-bond acceptors (Lipinski definition) is 2. The van der Waals surface area contributed by atoms with Crippen LogP contribution in [0.25, 0.3) is 0 Å². The summed E-state index contributed by atoms with van der Waals surface area (Å²) in [7, 11) is 1.50. The summed E-state index contributed by atoms with van der Waals surface area (Å²) in [6.07, 6.45) is 23.6. The van der Waals surface area contributed by atoms with Crippen molar-refractivity contribution in [3.05, 3.63) is 0 Å². The minimum Gasteiger partial charge on any atom is -0.453 e. The monoisotopic (exact) mass is 383 g/mol. The van der Waals surface area contributed by atoms with E-state index in [0.29, 0.717) is 0 Å². The van der Waals surface area contributed by atoms with Crippen LogP contribution in [0.5, 0.6) is 0 Å². The second-order valence-corrected chi connectivity index (χ2v) is 8.11. The van der Waals surface area contributed by atoms with Crippen LogP contribution in [0.15, 0.2) is 0 Å². The largest absolute Gasteiger partial charge is 0.453 e. The highest BCUT2D eigenvalue weighted by atomic mass is 16.5. The maximum absolute atomic E-state index is 11.9. The molecule has 0 radical (unpaired) electrons. The van der Waals surface area contributed by atoms with Crippen LogP contribution in [0.3, 0.4) is 0 Å². The first kappa shape index (κ1) is 26.3.